The Morgan fingerprint density at radius 1 is 1.60 bits per heavy atom. The molecule has 1 aliphatic rings. The Morgan fingerprint density at radius 2 is 2.33 bits per heavy atom. The van der Waals surface area contributed by atoms with E-state index in [-0.39, 0.29) is 6.10 Å². The summed E-state index contributed by atoms with van der Waals surface area (Å²) in [5, 5.41) is 0. The molecule has 1 rings (SSSR count). The molecule has 4 heteroatoms. The van der Waals surface area contributed by atoms with E-state index >= 15 is 0 Å². The van der Waals surface area contributed by atoms with E-state index in [1.807, 2.05) is 0 Å². The predicted octanol–water partition coefficient (Wildman–Crippen LogP) is 0.459. The van der Waals surface area contributed by atoms with Gasteiger partial charge in [-0.05, 0) is 20.3 Å². The van der Waals surface area contributed by atoms with Crippen molar-refractivity contribution >= 4 is 0 Å². The Balaban J connectivity index is 2.42. The molecule has 4 nitrogen and oxygen atoms in total. The third-order valence-corrected chi connectivity index (χ3v) is 3.12. The van der Waals surface area contributed by atoms with Gasteiger partial charge in [0.05, 0.1) is 12.7 Å². The van der Waals surface area contributed by atoms with Crippen molar-refractivity contribution in [3.63, 3.8) is 0 Å². The highest BCUT2D eigenvalue weighted by Crippen LogP contribution is 2.16. The standard InChI is InChI=1S/C11H24N2O2/c1-9(4-5-14-3)13-7-11(6-12)15-8-10(13)2/h9-11H,4-8,12H2,1-3H3. The summed E-state index contributed by atoms with van der Waals surface area (Å²) in [6.07, 6.45) is 1.27. The number of ether oxygens (including phenoxy) is 2. The summed E-state index contributed by atoms with van der Waals surface area (Å²) >= 11 is 0. The fourth-order valence-corrected chi connectivity index (χ4v) is 2.05. The molecule has 0 aromatic heterocycles. The lowest BCUT2D eigenvalue weighted by molar-refractivity contribution is -0.0701. The predicted molar refractivity (Wildman–Crippen MR) is 60.9 cm³/mol. The molecule has 3 unspecified atom stereocenters. The highest BCUT2D eigenvalue weighted by Gasteiger charge is 2.28. The maximum atomic E-state index is 5.63. The summed E-state index contributed by atoms with van der Waals surface area (Å²) in [4.78, 5) is 2.47. The number of nitrogens with zero attached hydrogens (tertiary/aromatic N) is 1. The van der Waals surface area contributed by atoms with Gasteiger partial charge in [0.2, 0.25) is 0 Å². The molecule has 0 aromatic rings. The van der Waals surface area contributed by atoms with Gasteiger partial charge in [-0.3, -0.25) is 4.90 Å². The first-order chi connectivity index (χ1) is 7.19. The van der Waals surface area contributed by atoms with Gasteiger partial charge in [-0.15, -0.1) is 0 Å². The molecule has 0 spiro atoms. The second kappa shape index (κ2) is 6.43. The van der Waals surface area contributed by atoms with Gasteiger partial charge in [-0.25, -0.2) is 0 Å². The van der Waals surface area contributed by atoms with E-state index in [2.05, 4.69) is 18.7 Å². The van der Waals surface area contributed by atoms with Crippen LogP contribution in [0.1, 0.15) is 20.3 Å². The number of hydrogen-bond donors (Lipinski definition) is 1. The number of hydrogen-bond acceptors (Lipinski definition) is 4. The van der Waals surface area contributed by atoms with Crippen LogP contribution in [0.25, 0.3) is 0 Å². The molecule has 2 N–H and O–H groups in total. The first-order valence-corrected chi connectivity index (χ1v) is 5.75. The zero-order chi connectivity index (χ0) is 11.3. The monoisotopic (exact) mass is 216 g/mol. The fraction of sp³-hybridized carbons (Fsp3) is 1.00. The van der Waals surface area contributed by atoms with Gasteiger partial charge in [-0.1, -0.05) is 0 Å². The molecular weight excluding hydrogens is 192 g/mol. The molecule has 90 valence electrons. The van der Waals surface area contributed by atoms with E-state index < -0.39 is 0 Å². The van der Waals surface area contributed by atoms with Crippen LogP contribution >= 0.6 is 0 Å². The van der Waals surface area contributed by atoms with E-state index in [1.165, 1.54) is 0 Å². The molecule has 1 saturated heterocycles. The molecule has 0 radical (unpaired) electrons. The zero-order valence-electron chi connectivity index (χ0n) is 10.1. The van der Waals surface area contributed by atoms with Crippen LogP contribution in [-0.2, 0) is 9.47 Å². The van der Waals surface area contributed by atoms with Crippen LogP contribution in [0.2, 0.25) is 0 Å². The topological polar surface area (TPSA) is 47.7 Å². The smallest absolute Gasteiger partial charge is 0.0824 e. The van der Waals surface area contributed by atoms with E-state index in [0.29, 0.717) is 18.6 Å². The first-order valence-electron chi connectivity index (χ1n) is 5.75. The third-order valence-electron chi connectivity index (χ3n) is 3.12. The van der Waals surface area contributed by atoms with Crippen molar-refractivity contribution in [2.24, 2.45) is 5.73 Å². The molecule has 0 amide bonds. The Morgan fingerprint density at radius 3 is 2.93 bits per heavy atom. The van der Waals surface area contributed by atoms with Crippen molar-refractivity contribution in [3.8, 4) is 0 Å². The molecule has 0 saturated carbocycles. The highest BCUT2D eigenvalue weighted by molar-refractivity contribution is 4.81. The number of morpholine rings is 1. The molecule has 0 aromatic carbocycles. The lowest BCUT2D eigenvalue weighted by atomic mass is 10.1. The van der Waals surface area contributed by atoms with Crippen LogP contribution < -0.4 is 5.73 Å². The molecule has 3 atom stereocenters. The van der Waals surface area contributed by atoms with Crippen LogP contribution in [-0.4, -0.2) is 56.5 Å². The highest BCUT2D eigenvalue weighted by atomic mass is 16.5. The van der Waals surface area contributed by atoms with Crippen LogP contribution in [0.4, 0.5) is 0 Å². The van der Waals surface area contributed by atoms with Crippen molar-refractivity contribution in [2.75, 3.05) is 33.4 Å². The van der Waals surface area contributed by atoms with Crippen molar-refractivity contribution in [2.45, 2.75) is 38.5 Å². The molecule has 0 bridgehead atoms. The third kappa shape index (κ3) is 3.72. The summed E-state index contributed by atoms with van der Waals surface area (Å²) in [7, 11) is 1.75. The second-order valence-corrected chi connectivity index (χ2v) is 4.37. The molecule has 1 aliphatic heterocycles. The average Bonchev–Trinajstić information content (AvgIpc) is 2.26. The fourth-order valence-electron chi connectivity index (χ4n) is 2.05. The van der Waals surface area contributed by atoms with Crippen molar-refractivity contribution in [1.82, 2.24) is 4.90 Å². The normalized spacial score (nSPS) is 30.4. The quantitative estimate of drug-likeness (QED) is 0.725. The SMILES string of the molecule is COCCC(C)N1CC(CN)OCC1C. The zero-order valence-corrected chi connectivity index (χ0v) is 10.1. The minimum atomic E-state index is 0.200. The van der Waals surface area contributed by atoms with Crippen LogP contribution in [0.15, 0.2) is 0 Å². The van der Waals surface area contributed by atoms with Crippen molar-refractivity contribution in [1.29, 1.82) is 0 Å². The average molecular weight is 216 g/mol. The Hall–Kier alpha value is -0.160. The van der Waals surface area contributed by atoms with Gasteiger partial charge >= 0.3 is 0 Å². The van der Waals surface area contributed by atoms with E-state index in [4.69, 9.17) is 15.2 Å². The summed E-state index contributed by atoms with van der Waals surface area (Å²) in [6, 6.07) is 1.03. The second-order valence-electron chi connectivity index (χ2n) is 4.37. The molecular formula is C11H24N2O2. The van der Waals surface area contributed by atoms with Crippen LogP contribution in [0.3, 0.4) is 0 Å². The molecule has 1 fully saturated rings. The minimum absolute atomic E-state index is 0.200. The Labute approximate surface area is 92.7 Å². The molecule has 1 heterocycles. The van der Waals surface area contributed by atoms with Crippen molar-refractivity contribution < 1.29 is 9.47 Å². The summed E-state index contributed by atoms with van der Waals surface area (Å²) in [6.45, 7) is 7.62. The van der Waals surface area contributed by atoms with Gasteiger partial charge in [0.1, 0.15) is 0 Å². The van der Waals surface area contributed by atoms with Gasteiger partial charge < -0.3 is 15.2 Å². The molecule has 15 heavy (non-hydrogen) atoms. The molecule has 0 aliphatic carbocycles. The largest absolute Gasteiger partial charge is 0.385 e. The number of methoxy groups -OCH3 is 1. The Kier molecular flexibility index (Phi) is 5.53. The van der Waals surface area contributed by atoms with E-state index in [1.54, 1.807) is 7.11 Å². The van der Waals surface area contributed by atoms with Crippen LogP contribution in [0, 0.1) is 0 Å². The van der Waals surface area contributed by atoms with Crippen LogP contribution in [0.5, 0.6) is 0 Å². The van der Waals surface area contributed by atoms with Gasteiger partial charge in [-0.2, -0.15) is 0 Å². The number of nitrogens with two attached hydrogens (primary N) is 1. The van der Waals surface area contributed by atoms with E-state index in [0.717, 1.165) is 26.2 Å². The number of rotatable bonds is 5. The van der Waals surface area contributed by atoms with Gasteiger partial charge in [0, 0.05) is 38.9 Å². The lowest BCUT2D eigenvalue weighted by Crippen LogP contribution is -2.53. The van der Waals surface area contributed by atoms with Gasteiger partial charge in [0.15, 0.2) is 0 Å². The van der Waals surface area contributed by atoms with E-state index in [9.17, 15) is 0 Å². The summed E-state index contributed by atoms with van der Waals surface area (Å²) in [5.74, 6) is 0. The first kappa shape index (κ1) is 12.9. The summed E-state index contributed by atoms with van der Waals surface area (Å²) in [5.41, 5.74) is 5.63. The lowest BCUT2D eigenvalue weighted by Gasteiger charge is -2.41. The van der Waals surface area contributed by atoms with Gasteiger partial charge in [0.25, 0.3) is 0 Å². The minimum Gasteiger partial charge on any atom is -0.385 e. The summed E-state index contributed by atoms with van der Waals surface area (Å²) < 4.78 is 10.7. The maximum Gasteiger partial charge on any atom is 0.0824 e. The Bertz CT molecular complexity index is 178. The van der Waals surface area contributed by atoms with Crippen molar-refractivity contribution in [3.05, 3.63) is 0 Å². The maximum absolute atomic E-state index is 5.63.